The van der Waals surface area contributed by atoms with Crippen molar-refractivity contribution in [3.8, 4) is 23.0 Å². The minimum absolute atomic E-state index is 0.00102. The average Bonchev–Trinajstić information content (AvgIpc) is 3.07. The van der Waals surface area contributed by atoms with Crippen molar-refractivity contribution >= 4 is 57.2 Å². The van der Waals surface area contributed by atoms with Gasteiger partial charge >= 0.3 is 0 Å². The number of hydrogen-bond acceptors (Lipinski definition) is 5. The zero-order valence-electron chi connectivity index (χ0n) is 13.7. The molecule has 0 bridgehead atoms. The van der Waals surface area contributed by atoms with Crippen LogP contribution >= 0.6 is 34.2 Å². The van der Waals surface area contributed by atoms with Crippen LogP contribution in [0, 0.1) is 3.57 Å². The van der Waals surface area contributed by atoms with Crippen molar-refractivity contribution in [3.05, 3.63) is 68.8 Å². The summed E-state index contributed by atoms with van der Waals surface area (Å²) in [6.07, 6.45) is 1.50. The number of hydrogen-bond donors (Lipinski definition) is 2. The molecule has 1 aromatic heterocycles. The van der Waals surface area contributed by atoms with Gasteiger partial charge in [0.2, 0.25) is 5.89 Å². The van der Waals surface area contributed by atoms with Gasteiger partial charge in [0.1, 0.15) is 17.0 Å². The highest BCUT2D eigenvalue weighted by atomic mass is 127. The highest BCUT2D eigenvalue weighted by Crippen LogP contribution is 2.34. The Bertz CT molecular complexity index is 1150. The number of aromatic nitrogens is 1. The molecule has 27 heavy (non-hydrogen) atoms. The molecule has 4 rings (SSSR count). The lowest BCUT2D eigenvalue weighted by atomic mass is 10.1. The average molecular weight is 491 g/mol. The Kier molecular flexibility index (Phi) is 4.75. The molecule has 0 saturated carbocycles. The predicted molar refractivity (Wildman–Crippen MR) is 114 cm³/mol. The summed E-state index contributed by atoms with van der Waals surface area (Å²) in [5.74, 6) is 0.448. The van der Waals surface area contributed by atoms with E-state index in [0.717, 1.165) is 5.52 Å². The number of benzene rings is 3. The quantitative estimate of drug-likeness (QED) is 0.276. The van der Waals surface area contributed by atoms with Crippen LogP contribution in [-0.2, 0) is 0 Å². The molecule has 7 heteroatoms. The zero-order valence-corrected chi connectivity index (χ0v) is 16.6. The van der Waals surface area contributed by atoms with E-state index in [1.165, 1.54) is 12.3 Å². The predicted octanol–water partition coefficient (Wildman–Crippen LogP) is 5.91. The molecule has 0 aliphatic heterocycles. The molecule has 2 N–H and O–H groups in total. The molecule has 0 spiro atoms. The van der Waals surface area contributed by atoms with Crippen LogP contribution in [-0.4, -0.2) is 21.4 Å². The van der Waals surface area contributed by atoms with E-state index in [9.17, 15) is 10.2 Å². The van der Waals surface area contributed by atoms with Gasteiger partial charge in [0.15, 0.2) is 5.58 Å². The molecule has 1 heterocycles. The van der Waals surface area contributed by atoms with Gasteiger partial charge in [-0.1, -0.05) is 23.7 Å². The van der Waals surface area contributed by atoms with Gasteiger partial charge in [-0.05, 0) is 59.0 Å². The number of aliphatic imine (C=N–C) groups is 1. The first kappa shape index (κ1) is 17.8. The van der Waals surface area contributed by atoms with Gasteiger partial charge in [-0.3, -0.25) is 4.99 Å². The summed E-state index contributed by atoms with van der Waals surface area (Å²) in [4.78, 5) is 8.68. The molecular weight excluding hydrogens is 479 g/mol. The molecule has 134 valence electrons. The minimum atomic E-state index is 0.00102. The molecule has 0 unspecified atom stereocenters. The Morgan fingerprint density at radius 2 is 1.89 bits per heavy atom. The van der Waals surface area contributed by atoms with E-state index in [4.69, 9.17) is 16.0 Å². The monoisotopic (exact) mass is 490 g/mol. The fourth-order valence-electron chi connectivity index (χ4n) is 2.60. The van der Waals surface area contributed by atoms with Gasteiger partial charge in [-0.25, -0.2) is 4.98 Å². The molecule has 0 atom stereocenters. The zero-order chi connectivity index (χ0) is 19.0. The van der Waals surface area contributed by atoms with E-state index in [1.807, 2.05) is 46.9 Å². The van der Waals surface area contributed by atoms with Crippen LogP contribution in [0.3, 0.4) is 0 Å². The largest absolute Gasteiger partial charge is 0.507 e. The van der Waals surface area contributed by atoms with Crippen molar-refractivity contribution in [3.63, 3.8) is 0 Å². The second-order valence-corrected chi connectivity index (χ2v) is 7.37. The summed E-state index contributed by atoms with van der Waals surface area (Å²) in [6.45, 7) is 0. The number of para-hydroxylation sites is 2. The number of aromatic hydroxyl groups is 2. The summed E-state index contributed by atoms with van der Waals surface area (Å²) < 4.78 is 6.32. The van der Waals surface area contributed by atoms with Crippen molar-refractivity contribution in [2.45, 2.75) is 0 Å². The first-order valence-electron chi connectivity index (χ1n) is 7.92. The van der Waals surface area contributed by atoms with E-state index < -0.39 is 0 Å². The SMILES string of the molecule is Oc1cc(N=Cc2cc(Cl)cc(I)c2O)ccc1-c1nc2ccccc2o1. The van der Waals surface area contributed by atoms with E-state index in [0.29, 0.717) is 36.9 Å². The number of phenols is 2. The lowest BCUT2D eigenvalue weighted by molar-refractivity contribution is 0.470. The maximum absolute atomic E-state index is 10.4. The lowest BCUT2D eigenvalue weighted by Crippen LogP contribution is -1.86. The summed E-state index contributed by atoms with van der Waals surface area (Å²) in [7, 11) is 0. The molecule has 0 aliphatic rings. The summed E-state index contributed by atoms with van der Waals surface area (Å²) in [5, 5.41) is 21.0. The van der Waals surface area contributed by atoms with Crippen molar-refractivity contribution < 1.29 is 14.6 Å². The molecule has 0 radical (unpaired) electrons. The van der Waals surface area contributed by atoms with Gasteiger partial charge in [-0.15, -0.1) is 0 Å². The van der Waals surface area contributed by atoms with Crippen LogP contribution in [0.25, 0.3) is 22.6 Å². The normalized spacial score (nSPS) is 11.5. The summed E-state index contributed by atoms with van der Waals surface area (Å²) >= 11 is 8.01. The molecule has 0 fully saturated rings. The van der Waals surface area contributed by atoms with Crippen LogP contribution in [0.2, 0.25) is 5.02 Å². The number of halogens is 2. The molecule has 3 aromatic carbocycles. The molecular formula is C20H12ClIN2O3. The fraction of sp³-hybridized carbons (Fsp3) is 0. The Balaban J connectivity index is 1.66. The minimum Gasteiger partial charge on any atom is -0.507 e. The van der Waals surface area contributed by atoms with Crippen LogP contribution in [0.5, 0.6) is 11.5 Å². The van der Waals surface area contributed by atoms with Gasteiger partial charge in [-0.2, -0.15) is 0 Å². The first-order valence-corrected chi connectivity index (χ1v) is 9.38. The summed E-state index contributed by atoms with van der Waals surface area (Å²) in [5.41, 5.74) is 2.86. The number of fused-ring (bicyclic) bond motifs is 1. The third-order valence-electron chi connectivity index (χ3n) is 3.92. The van der Waals surface area contributed by atoms with Crippen LogP contribution in [0.1, 0.15) is 5.56 Å². The summed E-state index contributed by atoms with van der Waals surface area (Å²) in [6, 6.07) is 15.6. The number of rotatable bonds is 3. The smallest absolute Gasteiger partial charge is 0.231 e. The Hall–Kier alpha value is -2.58. The maximum atomic E-state index is 10.4. The number of nitrogens with zero attached hydrogens (tertiary/aromatic N) is 2. The molecule has 0 aliphatic carbocycles. The third-order valence-corrected chi connectivity index (χ3v) is 4.96. The highest BCUT2D eigenvalue weighted by molar-refractivity contribution is 14.1. The van der Waals surface area contributed by atoms with Gasteiger partial charge in [0, 0.05) is 22.9 Å². The van der Waals surface area contributed by atoms with Crippen LogP contribution in [0.15, 0.2) is 64.0 Å². The first-order chi connectivity index (χ1) is 13.0. The molecule has 5 nitrogen and oxygen atoms in total. The standard InChI is InChI=1S/C20H12ClIN2O3/c21-12-7-11(19(26)15(22)8-12)10-23-13-5-6-14(17(25)9-13)20-24-16-3-1-2-4-18(16)27-20/h1-10,25-26H. The molecule has 0 amide bonds. The van der Waals surface area contributed by atoms with E-state index in [2.05, 4.69) is 9.98 Å². The second kappa shape index (κ2) is 7.21. The van der Waals surface area contributed by atoms with E-state index >= 15 is 0 Å². The highest BCUT2D eigenvalue weighted by Gasteiger charge is 2.12. The van der Waals surface area contributed by atoms with Crippen molar-refractivity contribution in [2.24, 2.45) is 4.99 Å². The van der Waals surface area contributed by atoms with Gasteiger partial charge in [0.05, 0.1) is 14.8 Å². The molecule has 4 aromatic rings. The van der Waals surface area contributed by atoms with E-state index in [-0.39, 0.29) is 11.5 Å². The van der Waals surface area contributed by atoms with Crippen molar-refractivity contribution in [2.75, 3.05) is 0 Å². The lowest BCUT2D eigenvalue weighted by Gasteiger charge is -2.04. The van der Waals surface area contributed by atoms with Gasteiger partial charge < -0.3 is 14.6 Å². The topological polar surface area (TPSA) is 78.9 Å². The Morgan fingerprint density at radius 1 is 1.07 bits per heavy atom. The number of oxazole rings is 1. The Labute approximate surface area is 173 Å². The Morgan fingerprint density at radius 3 is 2.67 bits per heavy atom. The molecule has 0 saturated heterocycles. The number of phenolic OH excluding ortho intramolecular Hbond substituents is 2. The third kappa shape index (κ3) is 3.63. The van der Waals surface area contributed by atoms with E-state index in [1.54, 1.807) is 24.3 Å². The van der Waals surface area contributed by atoms with Crippen LogP contribution < -0.4 is 0 Å². The van der Waals surface area contributed by atoms with Crippen molar-refractivity contribution in [1.82, 2.24) is 4.98 Å². The maximum Gasteiger partial charge on any atom is 0.231 e. The van der Waals surface area contributed by atoms with Crippen molar-refractivity contribution in [1.29, 1.82) is 0 Å². The fourth-order valence-corrected chi connectivity index (χ4v) is 3.65. The van der Waals surface area contributed by atoms with Crippen LogP contribution in [0.4, 0.5) is 5.69 Å². The van der Waals surface area contributed by atoms with Gasteiger partial charge in [0.25, 0.3) is 0 Å². The second-order valence-electron chi connectivity index (χ2n) is 5.77.